The Kier molecular flexibility index (Phi) is 2.35. The molecule has 1 fully saturated rings. The van der Waals surface area contributed by atoms with Gasteiger partial charge in [0.1, 0.15) is 0 Å². The Balaban J connectivity index is 2.46. The zero-order valence-corrected chi connectivity index (χ0v) is 7.30. The van der Waals surface area contributed by atoms with Crippen LogP contribution in [-0.2, 0) is 0 Å². The van der Waals surface area contributed by atoms with Crippen molar-refractivity contribution in [3.63, 3.8) is 0 Å². The van der Waals surface area contributed by atoms with Crippen molar-refractivity contribution < 1.29 is 0 Å². The molecule has 0 aromatic rings. The fourth-order valence-electron chi connectivity index (χ4n) is 1.89. The van der Waals surface area contributed by atoms with Crippen molar-refractivity contribution in [1.82, 2.24) is 0 Å². The third-order valence-corrected chi connectivity index (χ3v) is 3.09. The summed E-state index contributed by atoms with van der Waals surface area (Å²) in [5, 5.41) is 0. The van der Waals surface area contributed by atoms with Crippen molar-refractivity contribution in [3.8, 4) is 0 Å². The van der Waals surface area contributed by atoms with Gasteiger partial charge in [-0.15, -0.1) is 0 Å². The van der Waals surface area contributed by atoms with Crippen LogP contribution in [0.4, 0.5) is 0 Å². The Hall–Kier alpha value is -0.0400. The van der Waals surface area contributed by atoms with E-state index >= 15 is 0 Å². The maximum absolute atomic E-state index is 5.93. The maximum Gasteiger partial charge on any atom is 0.00672 e. The van der Waals surface area contributed by atoms with Gasteiger partial charge in [0.25, 0.3) is 0 Å². The molecule has 0 heterocycles. The highest BCUT2D eigenvalue weighted by molar-refractivity contribution is 4.81. The average molecular weight is 141 g/mol. The highest BCUT2D eigenvalue weighted by Crippen LogP contribution is 2.31. The van der Waals surface area contributed by atoms with Gasteiger partial charge in [-0.05, 0) is 30.6 Å². The first kappa shape index (κ1) is 8.06. The van der Waals surface area contributed by atoms with Crippen LogP contribution < -0.4 is 5.73 Å². The number of rotatable bonds is 0. The van der Waals surface area contributed by atoms with E-state index in [-0.39, 0.29) is 0 Å². The summed E-state index contributed by atoms with van der Waals surface area (Å²) in [6.07, 6.45) is 2.55. The van der Waals surface area contributed by atoms with Gasteiger partial charge in [0.2, 0.25) is 0 Å². The largest absolute Gasteiger partial charge is 0.327 e. The fourth-order valence-corrected chi connectivity index (χ4v) is 1.89. The molecule has 0 radical (unpaired) electrons. The van der Waals surface area contributed by atoms with Crippen molar-refractivity contribution in [2.45, 2.75) is 39.7 Å². The lowest BCUT2D eigenvalue weighted by atomic mass is 9.74. The highest BCUT2D eigenvalue weighted by Gasteiger charge is 2.27. The number of hydrogen-bond acceptors (Lipinski definition) is 1. The Morgan fingerprint density at radius 1 is 0.900 bits per heavy atom. The van der Waals surface area contributed by atoms with Gasteiger partial charge in [0.15, 0.2) is 0 Å². The molecule has 1 rings (SSSR count). The average Bonchev–Trinajstić information content (AvgIpc) is 1.84. The SMILES string of the molecule is CC1CC(C)C(N)CC1C. The predicted molar refractivity (Wildman–Crippen MR) is 44.7 cm³/mol. The second kappa shape index (κ2) is 2.91. The molecule has 0 spiro atoms. The van der Waals surface area contributed by atoms with Crippen molar-refractivity contribution >= 4 is 0 Å². The molecular formula is C9H19N. The third kappa shape index (κ3) is 1.51. The van der Waals surface area contributed by atoms with Crippen LogP contribution in [0.25, 0.3) is 0 Å². The summed E-state index contributed by atoms with van der Waals surface area (Å²) >= 11 is 0. The van der Waals surface area contributed by atoms with E-state index in [9.17, 15) is 0 Å². The van der Waals surface area contributed by atoms with E-state index in [1.807, 2.05) is 0 Å². The summed E-state index contributed by atoms with van der Waals surface area (Å²) in [7, 11) is 0. The van der Waals surface area contributed by atoms with Crippen molar-refractivity contribution in [3.05, 3.63) is 0 Å². The van der Waals surface area contributed by atoms with E-state index in [1.165, 1.54) is 12.8 Å². The summed E-state index contributed by atoms with van der Waals surface area (Å²) in [5.74, 6) is 2.46. The van der Waals surface area contributed by atoms with Crippen LogP contribution >= 0.6 is 0 Å². The molecule has 4 atom stereocenters. The van der Waals surface area contributed by atoms with Crippen LogP contribution in [0.1, 0.15) is 33.6 Å². The Morgan fingerprint density at radius 2 is 1.40 bits per heavy atom. The molecule has 1 aliphatic carbocycles. The monoisotopic (exact) mass is 141 g/mol. The van der Waals surface area contributed by atoms with Crippen LogP contribution in [0.5, 0.6) is 0 Å². The van der Waals surface area contributed by atoms with Crippen LogP contribution in [0.2, 0.25) is 0 Å². The van der Waals surface area contributed by atoms with Gasteiger partial charge in [-0.3, -0.25) is 0 Å². The number of hydrogen-bond donors (Lipinski definition) is 1. The zero-order chi connectivity index (χ0) is 7.72. The lowest BCUT2D eigenvalue weighted by molar-refractivity contribution is 0.192. The Morgan fingerprint density at radius 3 is 1.90 bits per heavy atom. The molecular weight excluding hydrogens is 122 g/mol. The first-order valence-corrected chi connectivity index (χ1v) is 4.37. The van der Waals surface area contributed by atoms with E-state index in [2.05, 4.69) is 20.8 Å². The molecule has 1 nitrogen and oxygen atoms in total. The topological polar surface area (TPSA) is 26.0 Å². The lowest BCUT2D eigenvalue weighted by Gasteiger charge is -2.34. The predicted octanol–water partition coefficient (Wildman–Crippen LogP) is 2.02. The molecule has 1 saturated carbocycles. The van der Waals surface area contributed by atoms with E-state index in [1.54, 1.807) is 0 Å². The quantitative estimate of drug-likeness (QED) is 0.548. The van der Waals surface area contributed by atoms with Crippen molar-refractivity contribution in [1.29, 1.82) is 0 Å². The molecule has 0 amide bonds. The molecule has 10 heavy (non-hydrogen) atoms. The second-order valence-corrected chi connectivity index (χ2v) is 4.07. The zero-order valence-electron chi connectivity index (χ0n) is 7.30. The van der Waals surface area contributed by atoms with Gasteiger partial charge in [0.05, 0.1) is 0 Å². The summed E-state index contributed by atoms with van der Waals surface area (Å²) in [6.45, 7) is 6.93. The van der Waals surface area contributed by atoms with Crippen molar-refractivity contribution in [2.75, 3.05) is 0 Å². The minimum absolute atomic E-state index is 0.464. The van der Waals surface area contributed by atoms with Crippen LogP contribution in [0.3, 0.4) is 0 Å². The smallest absolute Gasteiger partial charge is 0.00672 e. The standard InChI is InChI=1S/C9H19N/c1-6-4-8(3)9(10)5-7(6)2/h6-9H,4-5,10H2,1-3H3. The van der Waals surface area contributed by atoms with Gasteiger partial charge in [-0.1, -0.05) is 20.8 Å². The molecule has 0 aromatic heterocycles. The molecule has 1 heteroatoms. The first-order valence-electron chi connectivity index (χ1n) is 4.37. The van der Waals surface area contributed by atoms with Gasteiger partial charge in [-0.2, -0.15) is 0 Å². The van der Waals surface area contributed by atoms with Crippen LogP contribution in [-0.4, -0.2) is 6.04 Å². The Bertz CT molecular complexity index is 85.3. The summed E-state index contributed by atoms with van der Waals surface area (Å²) in [5.41, 5.74) is 5.93. The van der Waals surface area contributed by atoms with Crippen LogP contribution in [0, 0.1) is 17.8 Å². The van der Waals surface area contributed by atoms with E-state index in [4.69, 9.17) is 5.73 Å². The van der Waals surface area contributed by atoms with Gasteiger partial charge in [-0.25, -0.2) is 0 Å². The lowest BCUT2D eigenvalue weighted by Crippen LogP contribution is -2.37. The van der Waals surface area contributed by atoms with E-state index in [0.717, 1.165) is 17.8 Å². The van der Waals surface area contributed by atoms with Gasteiger partial charge >= 0.3 is 0 Å². The van der Waals surface area contributed by atoms with E-state index in [0.29, 0.717) is 6.04 Å². The normalized spacial score (nSPS) is 49.2. The number of nitrogens with two attached hydrogens (primary N) is 1. The molecule has 4 unspecified atom stereocenters. The molecule has 2 N–H and O–H groups in total. The molecule has 60 valence electrons. The molecule has 0 aliphatic heterocycles. The summed E-state index contributed by atoms with van der Waals surface area (Å²) < 4.78 is 0. The highest BCUT2D eigenvalue weighted by atomic mass is 14.7. The minimum atomic E-state index is 0.464. The fraction of sp³-hybridized carbons (Fsp3) is 1.00. The molecule has 0 bridgehead atoms. The first-order chi connectivity index (χ1) is 4.61. The molecule has 0 saturated heterocycles. The third-order valence-electron chi connectivity index (χ3n) is 3.09. The van der Waals surface area contributed by atoms with Crippen molar-refractivity contribution in [2.24, 2.45) is 23.5 Å². The Labute approximate surface area is 64.0 Å². The van der Waals surface area contributed by atoms with Gasteiger partial charge < -0.3 is 5.73 Å². The second-order valence-electron chi connectivity index (χ2n) is 4.07. The summed E-state index contributed by atoms with van der Waals surface area (Å²) in [6, 6.07) is 0.464. The minimum Gasteiger partial charge on any atom is -0.327 e. The van der Waals surface area contributed by atoms with Gasteiger partial charge in [0, 0.05) is 6.04 Å². The molecule has 1 aliphatic rings. The van der Waals surface area contributed by atoms with E-state index < -0.39 is 0 Å². The maximum atomic E-state index is 5.93. The summed E-state index contributed by atoms with van der Waals surface area (Å²) in [4.78, 5) is 0. The molecule has 0 aromatic carbocycles. The van der Waals surface area contributed by atoms with Crippen LogP contribution in [0.15, 0.2) is 0 Å².